The Kier molecular flexibility index (Phi) is 4.96. The van der Waals surface area contributed by atoms with E-state index in [1.807, 2.05) is 30.3 Å². The molecule has 1 saturated heterocycles. The fourth-order valence-corrected chi connectivity index (χ4v) is 3.25. The van der Waals surface area contributed by atoms with Gasteiger partial charge in [-0.05, 0) is 30.3 Å². The highest BCUT2D eigenvalue weighted by atomic mass is 35.5. The van der Waals surface area contributed by atoms with Gasteiger partial charge in [-0.25, -0.2) is 9.69 Å². The average molecular weight is 427 g/mol. The summed E-state index contributed by atoms with van der Waals surface area (Å²) in [6, 6.07) is 16.3. The zero-order valence-electron chi connectivity index (χ0n) is 14.7. The monoisotopic (exact) mass is 426 g/mol. The molecule has 2 aromatic carbocycles. The smallest absolute Gasteiger partial charge is 0.336 e. The van der Waals surface area contributed by atoms with Gasteiger partial charge in [-0.1, -0.05) is 59.6 Å². The Bertz CT molecular complexity index is 1170. The summed E-state index contributed by atoms with van der Waals surface area (Å²) < 4.78 is 5.72. The van der Waals surface area contributed by atoms with Crippen molar-refractivity contribution in [2.45, 2.75) is 0 Å². The number of carbonyl (C=O) groups excluding carboxylic acids is 3. The van der Waals surface area contributed by atoms with Gasteiger partial charge >= 0.3 is 6.03 Å². The van der Waals surface area contributed by atoms with Gasteiger partial charge in [-0.15, -0.1) is 0 Å². The van der Waals surface area contributed by atoms with Crippen LogP contribution >= 0.6 is 23.2 Å². The van der Waals surface area contributed by atoms with E-state index in [-0.39, 0.29) is 27.1 Å². The lowest BCUT2D eigenvalue weighted by Crippen LogP contribution is -2.54. The van der Waals surface area contributed by atoms with E-state index in [0.717, 1.165) is 10.5 Å². The second kappa shape index (κ2) is 7.58. The fraction of sp³-hybridized carbons (Fsp3) is 0. The van der Waals surface area contributed by atoms with E-state index in [4.69, 9.17) is 27.6 Å². The summed E-state index contributed by atoms with van der Waals surface area (Å²) in [6.07, 6.45) is 1.28. The van der Waals surface area contributed by atoms with Crippen molar-refractivity contribution in [2.24, 2.45) is 0 Å². The third-order valence-corrected chi connectivity index (χ3v) is 5.05. The number of halogens is 2. The summed E-state index contributed by atoms with van der Waals surface area (Å²) in [5.74, 6) is -0.798. The summed E-state index contributed by atoms with van der Waals surface area (Å²) in [6.45, 7) is 0. The normalized spacial score (nSPS) is 15.7. The van der Waals surface area contributed by atoms with Crippen molar-refractivity contribution < 1.29 is 18.8 Å². The molecule has 0 aliphatic carbocycles. The van der Waals surface area contributed by atoms with E-state index in [1.165, 1.54) is 18.2 Å². The van der Waals surface area contributed by atoms with E-state index < -0.39 is 17.8 Å². The number of amides is 4. The molecule has 0 atom stereocenters. The second-order valence-corrected chi connectivity index (χ2v) is 6.88. The van der Waals surface area contributed by atoms with E-state index >= 15 is 0 Å². The summed E-state index contributed by atoms with van der Waals surface area (Å²) in [7, 11) is 0. The zero-order chi connectivity index (χ0) is 20.5. The van der Waals surface area contributed by atoms with Crippen LogP contribution in [-0.2, 0) is 9.59 Å². The van der Waals surface area contributed by atoms with Gasteiger partial charge in [0, 0.05) is 5.56 Å². The fourth-order valence-electron chi connectivity index (χ4n) is 2.87. The molecular formula is C21H12Cl2N2O4. The molecule has 1 N–H and O–H groups in total. The molecule has 8 heteroatoms. The Labute approximate surface area is 175 Å². The standard InChI is InChI=1S/C21H12Cl2N2O4/c22-15-7-4-8-16(18(15)23)25-20(27)14(19(26)24-21(25)28)11-13-9-10-17(29-13)12-5-2-1-3-6-12/h1-11H,(H,24,26,28). The Hall–Kier alpha value is -3.35. The molecule has 0 spiro atoms. The molecule has 6 nitrogen and oxygen atoms in total. The number of anilines is 1. The van der Waals surface area contributed by atoms with Crippen molar-refractivity contribution in [2.75, 3.05) is 4.90 Å². The van der Waals surface area contributed by atoms with Crippen molar-refractivity contribution in [3.05, 3.63) is 82.0 Å². The first-order chi connectivity index (χ1) is 14.0. The molecule has 0 unspecified atom stereocenters. The van der Waals surface area contributed by atoms with Crippen molar-refractivity contribution >= 4 is 52.8 Å². The van der Waals surface area contributed by atoms with E-state index in [0.29, 0.717) is 5.76 Å². The molecule has 144 valence electrons. The minimum absolute atomic E-state index is 0.0238. The number of hydrogen-bond acceptors (Lipinski definition) is 4. The molecule has 4 rings (SSSR count). The minimum Gasteiger partial charge on any atom is -0.457 e. The maximum Gasteiger partial charge on any atom is 0.336 e. The maximum absolute atomic E-state index is 12.9. The predicted molar refractivity (Wildman–Crippen MR) is 110 cm³/mol. The number of carbonyl (C=O) groups is 3. The predicted octanol–water partition coefficient (Wildman–Crippen LogP) is 4.92. The number of barbiturate groups is 1. The third kappa shape index (κ3) is 3.55. The summed E-state index contributed by atoms with van der Waals surface area (Å²) >= 11 is 12.1. The van der Waals surface area contributed by atoms with Crippen LogP contribution in [0.5, 0.6) is 0 Å². The van der Waals surface area contributed by atoms with Crippen LogP contribution in [0.2, 0.25) is 10.0 Å². The van der Waals surface area contributed by atoms with Gasteiger partial charge in [-0.3, -0.25) is 14.9 Å². The van der Waals surface area contributed by atoms with Crippen LogP contribution in [-0.4, -0.2) is 17.8 Å². The van der Waals surface area contributed by atoms with Gasteiger partial charge in [0.2, 0.25) is 0 Å². The number of hydrogen-bond donors (Lipinski definition) is 1. The van der Waals surface area contributed by atoms with Gasteiger partial charge in [-0.2, -0.15) is 0 Å². The number of furan rings is 1. The lowest BCUT2D eigenvalue weighted by Gasteiger charge is -2.27. The first-order valence-electron chi connectivity index (χ1n) is 8.46. The molecule has 29 heavy (non-hydrogen) atoms. The molecule has 1 aromatic heterocycles. The Balaban J connectivity index is 1.71. The number of nitrogens with one attached hydrogen (secondary N) is 1. The van der Waals surface area contributed by atoms with Crippen LogP contribution in [0.3, 0.4) is 0 Å². The first-order valence-corrected chi connectivity index (χ1v) is 9.22. The van der Waals surface area contributed by atoms with Crippen molar-refractivity contribution in [3.63, 3.8) is 0 Å². The molecule has 0 bridgehead atoms. The van der Waals surface area contributed by atoms with Crippen LogP contribution in [0.25, 0.3) is 17.4 Å². The minimum atomic E-state index is -0.911. The van der Waals surface area contributed by atoms with Crippen molar-refractivity contribution in [1.82, 2.24) is 5.32 Å². The summed E-state index contributed by atoms with van der Waals surface area (Å²) in [5, 5.41) is 2.33. The lowest BCUT2D eigenvalue weighted by molar-refractivity contribution is -0.122. The SMILES string of the molecule is O=C1NC(=O)N(c2cccc(Cl)c2Cl)C(=O)C1=Cc1ccc(-c2ccccc2)o1. The topological polar surface area (TPSA) is 79.6 Å². The van der Waals surface area contributed by atoms with Crippen LogP contribution in [0, 0.1) is 0 Å². The van der Waals surface area contributed by atoms with Gasteiger partial charge in [0.25, 0.3) is 11.8 Å². The van der Waals surface area contributed by atoms with E-state index in [1.54, 1.807) is 18.2 Å². The molecule has 2 heterocycles. The summed E-state index contributed by atoms with van der Waals surface area (Å²) in [4.78, 5) is 38.3. The first kappa shape index (κ1) is 19.0. The van der Waals surface area contributed by atoms with Gasteiger partial charge in [0.15, 0.2) is 0 Å². The Morgan fingerprint density at radius 1 is 0.897 bits per heavy atom. The zero-order valence-corrected chi connectivity index (χ0v) is 16.2. The number of nitrogens with zero attached hydrogens (tertiary/aromatic N) is 1. The van der Waals surface area contributed by atoms with E-state index in [9.17, 15) is 14.4 Å². The molecule has 1 aliphatic heterocycles. The molecule has 0 saturated carbocycles. The van der Waals surface area contributed by atoms with Crippen molar-refractivity contribution in [1.29, 1.82) is 0 Å². The van der Waals surface area contributed by atoms with Crippen LogP contribution < -0.4 is 10.2 Å². The quantitative estimate of drug-likeness (QED) is 0.476. The Morgan fingerprint density at radius 3 is 2.41 bits per heavy atom. The maximum atomic E-state index is 12.9. The Morgan fingerprint density at radius 2 is 1.66 bits per heavy atom. The number of urea groups is 1. The largest absolute Gasteiger partial charge is 0.457 e. The van der Waals surface area contributed by atoms with Crippen molar-refractivity contribution in [3.8, 4) is 11.3 Å². The lowest BCUT2D eigenvalue weighted by atomic mass is 10.1. The molecule has 3 aromatic rings. The molecule has 4 amide bonds. The van der Waals surface area contributed by atoms with Crippen LogP contribution in [0.15, 0.2) is 70.7 Å². The second-order valence-electron chi connectivity index (χ2n) is 6.10. The number of rotatable bonds is 3. The average Bonchev–Trinajstić information content (AvgIpc) is 3.18. The van der Waals surface area contributed by atoms with E-state index in [2.05, 4.69) is 5.32 Å². The number of imide groups is 2. The summed E-state index contributed by atoms with van der Waals surface area (Å²) in [5.41, 5.74) is 0.651. The number of benzene rings is 2. The van der Waals surface area contributed by atoms with Gasteiger partial charge in [0.1, 0.15) is 17.1 Å². The highest BCUT2D eigenvalue weighted by Crippen LogP contribution is 2.34. The van der Waals surface area contributed by atoms with Crippen LogP contribution in [0.4, 0.5) is 10.5 Å². The van der Waals surface area contributed by atoms with Crippen LogP contribution in [0.1, 0.15) is 5.76 Å². The molecule has 1 fully saturated rings. The highest BCUT2D eigenvalue weighted by Gasteiger charge is 2.38. The molecule has 0 radical (unpaired) electrons. The highest BCUT2D eigenvalue weighted by molar-refractivity contribution is 6.46. The molecular weight excluding hydrogens is 415 g/mol. The molecule has 1 aliphatic rings. The van der Waals surface area contributed by atoms with Gasteiger partial charge in [0.05, 0.1) is 15.7 Å². The van der Waals surface area contributed by atoms with Gasteiger partial charge < -0.3 is 4.42 Å². The third-order valence-electron chi connectivity index (χ3n) is 4.25.